The number of ether oxygens (including phenoxy) is 1. The van der Waals surface area contributed by atoms with E-state index < -0.39 is 0 Å². The summed E-state index contributed by atoms with van der Waals surface area (Å²) in [5.41, 5.74) is 3.22. The van der Waals surface area contributed by atoms with Gasteiger partial charge in [0.25, 0.3) is 0 Å². The van der Waals surface area contributed by atoms with Crippen molar-refractivity contribution in [3.8, 4) is 11.5 Å². The van der Waals surface area contributed by atoms with Crippen LogP contribution in [0.5, 0.6) is 11.5 Å². The standard InChI is InChI=1S/C23H22ClN5O2/c1-15-11-17(14-28-22(15)24)29-21(30)6-5-16-3-2-4-18(12-16)31-19-7-8-25-20(13-19)23-26-9-10-27-23/h2-4,7-8,11-14H,5-6,9-10H2,1H3,(H,26,27)(H,29,30). The number of nitrogens with one attached hydrogen (secondary N) is 2. The molecule has 3 heterocycles. The first-order valence-electron chi connectivity index (χ1n) is 10.0. The quantitative estimate of drug-likeness (QED) is 0.544. The van der Waals surface area contributed by atoms with Gasteiger partial charge in [-0.2, -0.15) is 0 Å². The molecule has 8 heteroatoms. The number of anilines is 1. The number of halogens is 1. The van der Waals surface area contributed by atoms with Crippen LogP contribution in [0.25, 0.3) is 0 Å². The molecule has 0 spiro atoms. The van der Waals surface area contributed by atoms with Crippen LogP contribution < -0.4 is 15.4 Å². The Labute approximate surface area is 185 Å². The molecule has 0 saturated carbocycles. The lowest BCUT2D eigenvalue weighted by molar-refractivity contribution is -0.116. The highest BCUT2D eigenvalue weighted by atomic mass is 35.5. The zero-order chi connectivity index (χ0) is 21.6. The largest absolute Gasteiger partial charge is 0.457 e. The zero-order valence-electron chi connectivity index (χ0n) is 17.1. The van der Waals surface area contributed by atoms with Gasteiger partial charge in [0.2, 0.25) is 5.91 Å². The third kappa shape index (κ3) is 5.58. The maximum atomic E-state index is 12.3. The second kappa shape index (κ2) is 9.57. The Kier molecular flexibility index (Phi) is 6.43. The highest BCUT2D eigenvalue weighted by Gasteiger charge is 2.11. The van der Waals surface area contributed by atoms with Gasteiger partial charge in [-0.05, 0) is 48.7 Å². The SMILES string of the molecule is Cc1cc(NC(=O)CCc2cccc(Oc3ccnc(C4=NCCN4)c3)c2)cnc1Cl. The average molecular weight is 436 g/mol. The molecule has 1 aliphatic heterocycles. The van der Waals surface area contributed by atoms with E-state index in [2.05, 4.69) is 25.6 Å². The monoisotopic (exact) mass is 435 g/mol. The summed E-state index contributed by atoms with van der Waals surface area (Å²) in [5.74, 6) is 2.09. The first-order chi connectivity index (χ1) is 15.1. The molecule has 0 bridgehead atoms. The van der Waals surface area contributed by atoms with Gasteiger partial charge in [-0.25, -0.2) is 4.98 Å². The van der Waals surface area contributed by atoms with Crippen LogP contribution in [0, 0.1) is 6.92 Å². The third-order valence-electron chi connectivity index (χ3n) is 4.72. The second-order valence-electron chi connectivity index (χ2n) is 7.16. The van der Waals surface area contributed by atoms with E-state index in [0.29, 0.717) is 35.2 Å². The molecule has 158 valence electrons. The van der Waals surface area contributed by atoms with Crippen LogP contribution in [0.2, 0.25) is 5.15 Å². The molecule has 0 aliphatic carbocycles. The maximum Gasteiger partial charge on any atom is 0.224 e. The van der Waals surface area contributed by atoms with Crippen molar-refractivity contribution in [1.29, 1.82) is 0 Å². The van der Waals surface area contributed by atoms with Crippen molar-refractivity contribution in [3.05, 3.63) is 76.8 Å². The number of benzene rings is 1. The fourth-order valence-electron chi connectivity index (χ4n) is 3.18. The molecule has 3 aromatic rings. The van der Waals surface area contributed by atoms with E-state index in [1.165, 1.54) is 0 Å². The van der Waals surface area contributed by atoms with Crippen LogP contribution in [0.15, 0.2) is 59.9 Å². The Hall–Kier alpha value is -3.45. The third-order valence-corrected chi connectivity index (χ3v) is 5.12. The summed E-state index contributed by atoms with van der Waals surface area (Å²) < 4.78 is 6.00. The summed E-state index contributed by atoms with van der Waals surface area (Å²) in [6, 6.07) is 13.2. The van der Waals surface area contributed by atoms with Crippen molar-refractivity contribution < 1.29 is 9.53 Å². The number of pyridine rings is 2. The first kappa shape index (κ1) is 20.8. The summed E-state index contributed by atoms with van der Waals surface area (Å²) in [5, 5.41) is 6.49. The molecule has 0 atom stereocenters. The van der Waals surface area contributed by atoms with E-state index in [0.717, 1.165) is 35.7 Å². The number of hydrogen-bond acceptors (Lipinski definition) is 6. The molecule has 0 saturated heterocycles. The molecule has 1 amide bonds. The minimum Gasteiger partial charge on any atom is -0.457 e. The zero-order valence-corrected chi connectivity index (χ0v) is 17.8. The van der Waals surface area contributed by atoms with E-state index in [1.54, 1.807) is 24.5 Å². The van der Waals surface area contributed by atoms with E-state index in [1.807, 2.05) is 37.3 Å². The van der Waals surface area contributed by atoms with Crippen LogP contribution in [-0.2, 0) is 11.2 Å². The molecule has 4 rings (SSSR count). The summed E-state index contributed by atoms with van der Waals surface area (Å²) >= 11 is 5.92. The number of carbonyl (C=O) groups excluding carboxylic acids is 1. The van der Waals surface area contributed by atoms with Crippen molar-refractivity contribution in [3.63, 3.8) is 0 Å². The van der Waals surface area contributed by atoms with Gasteiger partial charge in [-0.3, -0.25) is 14.8 Å². The van der Waals surface area contributed by atoms with Gasteiger partial charge in [0, 0.05) is 25.2 Å². The van der Waals surface area contributed by atoms with E-state index in [9.17, 15) is 4.79 Å². The molecular weight excluding hydrogens is 414 g/mol. The Balaban J connectivity index is 1.35. The molecule has 7 nitrogen and oxygen atoms in total. The first-order valence-corrected chi connectivity index (χ1v) is 10.4. The normalized spacial score (nSPS) is 12.8. The van der Waals surface area contributed by atoms with E-state index in [4.69, 9.17) is 16.3 Å². The van der Waals surface area contributed by atoms with Gasteiger partial charge in [0.15, 0.2) is 0 Å². The predicted molar refractivity (Wildman–Crippen MR) is 121 cm³/mol. The lowest BCUT2D eigenvalue weighted by Gasteiger charge is -2.10. The number of aliphatic imine (C=N–C) groups is 1. The Morgan fingerprint density at radius 2 is 2.06 bits per heavy atom. The van der Waals surface area contributed by atoms with Crippen molar-refractivity contribution in [2.45, 2.75) is 19.8 Å². The molecule has 0 radical (unpaired) electrons. The fraction of sp³-hybridized carbons (Fsp3) is 0.217. The molecule has 1 aliphatic rings. The maximum absolute atomic E-state index is 12.3. The molecule has 0 fully saturated rings. The van der Waals surface area contributed by atoms with Gasteiger partial charge in [0.05, 0.1) is 18.4 Å². The topological polar surface area (TPSA) is 88.5 Å². The number of rotatable bonds is 7. The highest BCUT2D eigenvalue weighted by molar-refractivity contribution is 6.30. The van der Waals surface area contributed by atoms with Crippen molar-refractivity contribution in [2.75, 3.05) is 18.4 Å². The molecular formula is C23H22ClN5O2. The number of nitrogens with zero attached hydrogens (tertiary/aromatic N) is 3. The van der Waals surface area contributed by atoms with E-state index in [-0.39, 0.29) is 5.91 Å². The molecule has 2 N–H and O–H groups in total. The van der Waals surface area contributed by atoms with Gasteiger partial charge in [0.1, 0.15) is 28.2 Å². The number of aromatic nitrogens is 2. The number of carbonyl (C=O) groups is 1. The van der Waals surface area contributed by atoms with Gasteiger partial charge < -0.3 is 15.4 Å². The lowest BCUT2D eigenvalue weighted by Crippen LogP contribution is -2.20. The lowest BCUT2D eigenvalue weighted by atomic mass is 10.1. The van der Waals surface area contributed by atoms with Crippen LogP contribution in [-0.4, -0.2) is 34.8 Å². The van der Waals surface area contributed by atoms with Crippen LogP contribution >= 0.6 is 11.6 Å². The highest BCUT2D eigenvalue weighted by Crippen LogP contribution is 2.23. The predicted octanol–water partition coefficient (Wildman–Crippen LogP) is 4.15. The molecule has 31 heavy (non-hydrogen) atoms. The summed E-state index contributed by atoms with van der Waals surface area (Å²) in [6.07, 6.45) is 4.19. The van der Waals surface area contributed by atoms with Gasteiger partial charge in [-0.1, -0.05) is 23.7 Å². The molecule has 0 unspecified atom stereocenters. The van der Waals surface area contributed by atoms with Gasteiger partial charge >= 0.3 is 0 Å². The number of amidine groups is 1. The van der Waals surface area contributed by atoms with Crippen molar-refractivity contribution in [2.24, 2.45) is 4.99 Å². The summed E-state index contributed by atoms with van der Waals surface area (Å²) in [4.78, 5) is 25.1. The van der Waals surface area contributed by atoms with Crippen LogP contribution in [0.4, 0.5) is 5.69 Å². The summed E-state index contributed by atoms with van der Waals surface area (Å²) in [7, 11) is 0. The Bertz CT molecular complexity index is 1130. The average Bonchev–Trinajstić information content (AvgIpc) is 3.31. The minimum atomic E-state index is -0.0848. The molecule has 1 aromatic carbocycles. The second-order valence-corrected chi connectivity index (χ2v) is 7.52. The molecule has 2 aromatic heterocycles. The van der Waals surface area contributed by atoms with Crippen molar-refractivity contribution >= 4 is 29.0 Å². The minimum absolute atomic E-state index is 0.0848. The fourth-order valence-corrected chi connectivity index (χ4v) is 3.29. The summed E-state index contributed by atoms with van der Waals surface area (Å²) in [6.45, 7) is 3.43. The van der Waals surface area contributed by atoms with Crippen LogP contribution in [0.3, 0.4) is 0 Å². The van der Waals surface area contributed by atoms with Crippen molar-refractivity contribution in [1.82, 2.24) is 15.3 Å². The number of hydrogen-bond donors (Lipinski definition) is 2. The van der Waals surface area contributed by atoms with E-state index >= 15 is 0 Å². The van der Waals surface area contributed by atoms with Crippen LogP contribution in [0.1, 0.15) is 23.2 Å². The van der Waals surface area contributed by atoms with Gasteiger partial charge in [-0.15, -0.1) is 0 Å². The smallest absolute Gasteiger partial charge is 0.224 e. The Morgan fingerprint density at radius 1 is 1.19 bits per heavy atom. The number of aryl methyl sites for hydroxylation is 2. The Morgan fingerprint density at radius 3 is 2.87 bits per heavy atom. The number of amides is 1.